The molecule has 1 saturated carbocycles. The van der Waals surface area contributed by atoms with Crippen LogP contribution >= 0.6 is 0 Å². The molecule has 0 aromatic rings. The van der Waals surface area contributed by atoms with Crippen molar-refractivity contribution in [3.63, 3.8) is 0 Å². The van der Waals surface area contributed by atoms with E-state index in [1.165, 1.54) is 32.1 Å². The van der Waals surface area contributed by atoms with Gasteiger partial charge in [0, 0.05) is 6.04 Å². The first-order chi connectivity index (χ1) is 7.31. The van der Waals surface area contributed by atoms with Crippen LogP contribution in [0.1, 0.15) is 38.5 Å². The van der Waals surface area contributed by atoms with E-state index in [0.717, 1.165) is 12.3 Å². The van der Waals surface area contributed by atoms with E-state index in [1.807, 2.05) is 0 Å². The van der Waals surface area contributed by atoms with Gasteiger partial charge in [0.15, 0.2) is 0 Å². The average Bonchev–Trinajstić information content (AvgIpc) is 2.78. The van der Waals surface area contributed by atoms with Crippen molar-refractivity contribution in [3.05, 3.63) is 0 Å². The summed E-state index contributed by atoms with van der Waals surface area (Å²) in [6.07, 6.45) is 7.46. The summed E-state index contributed by atoms with van der Waals surface area (Å²) in [5.41, 5.74) is 8.43. The van der Waals surface area contributed by atoms with Crippen molar-refractivity contribution in [2.45, 2.75) is 50.6 Å². The van der Waals surface area contributed by atoms with Crippen molar-refractivity contribution in [3.8, 4) is 0 Å². The summed E-state index contributed by atoms with van der Waals surface area (Å²) in [6.45, 7) is 0. The maximum Gasteiger partial charge on any atom is 0.252 e. The monoisotopic (exact) mass is 212 g/mol. The largest absolute Gasteiger partial charge is 0.293 e. The van der Waals surface area contributed by atoms with Crippen molar-refractivity contribution >= 4 is 5.91 Å². The van der Waals surface area contributed by atoms with E-state index < -0.39 is 0 Å². The molecule has 2 atom stereocenters. The zero-order valence-electron chi connectivity index (χ0n) is 8.96. The van der Waals surface area contributed by atoms with Gasteiger partial charge in [-0.25, -0.2) is 11.3 Å². The van der Waals surface area contributed by atoms with Crippen molar-refractivity contribution in [1.29, 1.82) is 0 Å². The van der Waals surface area contributed by atoms with Gasteiger partial charge in [-0.2, -0.15) is 0 Å². The second-order valence-electron chi connectivity index (χ2n) is 4.59. The summed E-state index contributed by atoms with van der Waals surface area (Å²) in [5.74, 6) is 5.71. The predicted octanol–water partition coefficient (Wildman–Crippen LogP) is -0.208. The molecule has 5 N–H and O–H groups in total. The molecule has 5 nitrogen and oxygen atoms in total. The highest BCUT2D eigenvalue weighted by Crippen LogP contribution is 2.29. The molecule has 1 heterocycles. The van der Waals surface area contributed by atoms with Crippen molar-refractivity contribution in [2.24, 2.45) is 11.8 Å². The lowest BCUT2D eigenvalue weighted by Crippen LogP contribution is -2.46. The van der Waals surface area contributed by atoms with Crippen LogP contribution < -0.4 is 22.1 Å². The molecule has 0 spiro atoms. The average molecular weight is 212 g/mol. The fourth-order valence-corrected chi connectivity index (χ4v) is 2.70. The number of hydrogen-bond donors (Lipinski definition) is 4. The van der Waals surface area contributed by atoms with Crippen LogP contribution in [-0.4, -0.2) is 18.0 Å². The number of carbonyl (C=O) groups is 1. The molecule has 2 rings (SSSR count). The highest BCUT2D eigenvalue weighted by atomic mass is 16.2. The fraction of sp³-hybridized carbons (Fsp3) is 0.900. The van der Waals surface area contributed by atoms with Crippen molar-refractivity contribution in [2.75, 3.05) is 0 Å². The Morgan fingerprint density at radius 1 is 1.20 bits per heavy atom. The molecule has 0 aromatic carbocycles. The molecule has 1 aliphatic heterocycles. The Bertz CT molecular complexity index is 227. The van der Waals surface area contributed by atoms with Gasteiger partial charge in [0.25, 0.3) is 5.91 Å². The Labute approximate surface area is 90.1 Å². The van der Waals surface area contributed by atoms with Crippen LogP contribution in [0.25, 0.3) is 0 Å². The lowest BCUT2D eigenvalue weighted by molar-refractivity contribution is -0.122. The van der Waals surface area contributed by atoms with Crippen LogP contribution in [0.3, 0.4) is 0 Å². The van der Waals surface area contributed by atoms with Crippen LogP contribution in [0.4, 0.5) is 0 Å². The Balaban J connectivity index is 1.83. The predicted molar refractivity (Wildman–Crippen MR) is 57.4 cm³/mol. The quantitative estimate of drug-likeness (QED) is 0.290. The molecule has 2 aliphatic rings. The Hall–Kier alpha value is -0.650. The van der Waals surface area contributed by atoms with E-state index in [4.69, 9.17) is 5.84 Å². The molecule has 5 heteroatoms. The van der Waals surface area contributed by atoms with E-state index in [2.05, 4.69) is 16.3 Å². The second-order valence-corrected chi connectivity index (χ2v) is 4.59. The first-order valence-corrected chi connectivity index (χ1v) is 5.83. The number of hydrazine groups is 2. The van der Waals surface area contributed by atoms with Crippen LogP contribution in [-0.2, 0) is 4.79 Å². The smallest absolute Gasteiger partial charge is 0.252 e. The van der Waals surface area contributed by atoms with Crippen LogP contribution in [0.15, 0.2) is 0 Å². The van der Waals surface area contributed by atoms with Gasteiger partial charge in [0.2, 0.25) is 0 Å². The molecule has 1 saturated heterocycles. The third kappa shape index (κ3) is 2.48. The van der Waals surface area contributed by atoms with Gasteiger partial charge < -0.3 is 0 Å². The summed E-state index contributed by atoms with van der Waals surface area (Å²) in [7, 11) is 0. The molecular weight excluding hydrogens is 192 g/mol. The molecule has 0 aromatic heterocycles. The van der Waals surface area contributed by atoms with E-state index in [9.17, 15) is 4.79 Å². The minimum atomic E-state index is -0.165. The van der Waals surface area contributed by atoms with Gasteiger partial charge in [0.05, 0.1) is 0 Å². The summed E-state index contributed by atoms with van der Waals surface area (Å²) in [4.78, 5) is 11.3. The third-order valence-electron chi connectivity index (χ3n) is 3.61. The summed E-state index contributed by atoms with van der Waals surface area (Å²) >= 11 is 0. The maximum absolute atomic E-state index is 11.3. The Morgan fingerprint density at radius 3 is 2.60 bits per heavy atom. The van der Waals surface area contributed by atoms with E-state index in [-0.39, 0.29) is 11.9 Å². The van der Waals surface area contributed by atoms with Crippen molar-refractivity contribution < 1.29 is 4.79 Å². The summed E-state index contributed by atoms with van der Waals surface area (Å²) < 4.78 is 0. The molecule has 86 valence electrons. The maximum atomic E-state index is 11.3. The van der Waals surface area contributed by atoms with Crippen LogP contribution in [0, 0.1) is 5.92 Å². The Kier molecular flexibility index (Phi) is 3.56. The van der Waals surface area contributed by atoms with Crippen LogP contribution in [0.2, 0.25) is 0 Å². The highest BCUT2D eigenvalue weighted by molar-refractivity contribution is 5.81. The van der Waals surface area contributed by atoms with E-state index in [1.54, 1.807) is 0 Å². The molecule has 0 radical (unpaired) electrons. The van der Waals surface area contributed by atoms with Gasteiger partial charge in [-0.05, 0) is 25.2 Å². The first kappa shape index (κ1) is 10.9. The van der Waals surface area contributed by atoms with E-state index >= 15 is 0 Å². The zero-order chi connectivity index (χ0) is 10.7. The number of nitrogens with one attached hydrogen (secondary N) is 3. The Morgan fingerprint density at radius 2 is 1.93 bits per heavy atom. The normalized spacial score (nSPS) is 32.9. The van der Waals surface area contributed by atoms with Gasteiger partial charge in [-0.15, -0.1) is 0 Å². The van der Waals surface area contributed by atoms with Crippen molar-refractivity contribution in [1.82, 2.24) is 16.3 Å². The van der Waals surface area contributed by atoms with E-state index in [0.29, 0.717) is 6.04 Å². The zero-order valence-corrected chi connectivity index (χ0v) is 8.96. The summed E-state index contributed by atoms with van der Waals surface area (Å²) in [5, 5.41) is 0. The van der Waals surface area contributed by atoms with Gasteiger partial charge in [-0.3, -0.25) is 15.6 Å². The number of hydrogen-bond acceptors (Lipinski definition) is 4. The minimum absolute atomic E-state index is 0.124. The molecular formula is C10H20N4O. The van der Waals surface area contributed by atoms with Gasteiger partial charge in [-0.1, -0.05) is 19.3 Å². The molecule has 15 heavy (non-hydrogen) atoms. The molecule has 1 aliphatic carbocycles. The lowest BCUT2D eigenvalue weighted by Gasteiger charge is -2.26. The standard InChI is InChI=1S/C10H20N4O/c11-12-10(15)9-6-8(13-14-9)7-4-2-1-3-5-7/h7-9,13-14H,1-6,11H2,(H,12,15). The highest BCUT2D eigenvalue weighted by Gasteiger charge is 2.33. The molecule has 2 fully saturated rings. The number of amides is 1. The fourth-order valence-electron chi connectivity index (χ4n) is 2.70. The lowest BCUT2D eigenvalue weighted by atomic mass is 9.82. The first-order valence-electron chi connectivity index (χ1n) is 5.83. The second kappa shape index (κ2) is 4.92. The summed E-state index contributed by atoms with van der Waals surface area (Å²) in [6, 6.07) is 0.273. The number of carbonyl (C=O) groups excluding carboxylic acids is 1. The third-order valence-corrected chi connectivity index (χ3v) is 3.61. The molecule has 2 unspecified atom stereocenters. The van der Waals surface area contributed by atoms with Crippen LogP contribution in [0.5, 0.6) is 0 Å². The topological polar surface area (TPSA) is 79.2 Å². The van der Waals surface area contributed by atoms with Gasteiger partial charge >= 0.3 is 0 Å². The molecule has 1 amide bonds. The van der Waals surface area contributed by atoms with Gasteiger partial charge in [0.1, 0.15) is 6.04 Å². The number of rotatable bonds is 2. The minimum Gasteiger partial charge on any atom is -0.293 e. The SMILES string of the molecule is NNC(=O)C1CC(C2CCCCC2)NN1. The number of nitrogens with two attached hydrogens (primary N) is 1. The molecule has 0 bridgehead atoms.